The van der Waals surface area contributed by atoms with Crippen LogP contribution in [0.1, 0.15) is 39.9 Å². The summed E-state index contributed by atoms with van der Waals surface area (Å²) in [6.07, 6.45) is 0. The van der Waals surface area contributed by atoms with Gasteiger partial charge in [0.05, 0.1) is 0 Å². The van der Waals surface area contributed by atoms with E-state index in [2.05, 4.69) is 53.4 Å². The van der Waals surface area contributed by atoms with E-state index in [0.717, 1.165) is 15.7 Å². The van der Waals surface area contributed by atoms with Crippen molar-refractivity contribution in [3.63, 3.8) is 0 Å². The number of hydrogen-bond donors (Lipinski definition) is 2. The number of carbonyl (C=O) groups excluding carboxylic acids is 1. The van der Waals surface area contributed by atoms with Crippen LogP contribution in [0.5, 0.6) is 0 Å². The van der Waals surface area contributed by atoms with E-state index in [0.29, 0.717) is 0 Å². The Kier molecular flexibility index (Phi) is 3.90. The van der Waals surface area contributed by atoms with Gasteiger partial charge in [0, 0.05) is 31.5 Å². The first kappa shape index (κ1) is 14.8. The van der Waals surface area contributed by atoms with E-state index < -0.39 is 0 Å². The quantitative estimate of drug-likeness (QED) is 0.843. The summed E-state index contributed by atoms with van der Waals surface area (Å²) in [5.41, 5.74) is 3.17. The smallest absolute Gasteiger partial charge is 0.246 e. The highest BCUT2D eigenvalue weighted by Gasteiger charge is 2.31. The SMILES string of the molecule is Cc1cc(C(C)NC2C(=O)Nc3cc(Br)ccc32)c(C)s1. The molecule has 0 spiro atoms. The first-order valence-electron chi connectivity index (χ1n) is 6.89. The third-order valence-corrected chi connectivity index (χ3v) is 5.28. The Morgan fingerprint density at radius 2 is 2.10 bits per heavy atom. The van der Waals surface area contributed by atoms with Gasteiger partial charge in [-0.05, 0) is 44.5 Å². The molecule has 3 nitrogen and oxygen atoms in total. The Morgan fingerprint density at radius 3 is 2.76 bits per heavy atom. The maximum absolute atomic E-state index is 12.2. The summed E-state index contributed by atoms with van der Waals surface area (Å²) in [6, 6.07) is 7.96. The highest BCUT2D eigenvalue weighted by molar-refractivity contribution is 9.10. The summed E-state index contributed by atoms with van der Waals surface area (Å²) in [7, 11) is 0. The molecule has 5 heteroatoms. The monoisotopic (exact) mass is 364 g/mol. The van der Waals surface area contributed by atoms with Crippen molar-refractivity contribution in [2.75, 3.05) is 5.32 Å². The molecule has 3 rings (SSSR count). The molecule has 1 aromatic carbocycles. The molecule has 0 bridgehead atoms. The first-order chi connectivity index (χ1) is 9.95. The number of carbonyl (C=O) groups is 1. The average molecular weight is 365 g/mol. The summed E-state index contributed by atoms with van der Waals surface area (Å²) in [6.45, 7) is 6.35. The molecule has 0 saturated carbocycles. The third kappa shape index (κ3) is 2.78. The molecule has 2 heterocycles. The topological polar surface area (TPSA) is 41.1 Å². The number of anilines is 1. The van der Waals surface area contributed by atoms with Crippen molar-refractivity contribution in [2.45, 2.75) is 32.9 Å². The molecule has 2 aromatic rings. The van der Waals surface area contributed by atoms with Crippen molar-refractivity contribution in [1.82, 2.24) is 5.32 Å². The lowest BCUT2D eigenvalue weighted by molar-refractivity contribution is -0.117. The molecule has 2 unspecified atom stereocenters. The molecule has 0 fully saturated rings. The van der Waals surface area contributed by atoms with Crippen molar-refractivity contribution >= 4 is 38.9 Å². The summed E-state index contributed by atoms with van der Waals surface area (Å²) in [5, 5.41) is 6.39. The van der Waals surface area contributed by atoms with Crippen molar-refractivity contribution < 1.29 is 4.79 Å². The van der Waals surface area contributed by atoms with Crippen LogP contribution in [0.15, 0.2) is 28.7 Å². The highest BCUT2D eigenvalue weighted by atomic mass is 79.9. The lowest BCUT2D eigenvalue weighted by atomic mass is 10.0. The molecule has 0 saturated heterocycles. The molecular weight excluding hydrogens is 348 g/mol. The zero-order chi connectivity index (χ0) is 15.1. The van der Waals surface area contributed by atoms with Gasteiger partial charge in [-0.3, -0.25) is 10.1 Å². The first-order valence-corrected chi connectivity index (χ1v) is 8.50. The number of amides is 1. The highest BCUT2D eigenvalue weighted by Crippen LogP contribution is 2.35. The Morgan fingerprint density at radius 1 is 1.33 bits per heavy atom. The van der Waals surface area contributed by atoms with Gasteiger partial charge in [0.15, 0.2) is 0 Å². The van der Waals surface area contributed by atoms with E-state index in [4.69, 9.17) is 0 Å². The van der Waals surface area contributed by atoms with Crippen LogP contribution in [0, 0.1) is 13.8 Å². The predicted molar refractivity (Wildman–Crippen MR) is 90.9 cm³/mol. The minimum atomic E-state index is -0.289. The van der Waals surface area contributed by atoms with Crippen LogP contribution in [0.25, 0.3) is 0 Å². The van der Waals surface area contributed by atoms with E-state index in [9.17, 15) is 4.79 Å². The maximum atomic E-state index is 12.2. The van der Waals surface area contributed by atoms with Gasteiger partial charge < -0.3 is 5.32 Å². The predicted octanol–water partition coefficient (Wildman–Crippen LogP) is 4.47. The lowest BCUT2D eigenvalue weighted by Gasteiger charge is -2.18. The molecular formula is C16H17BrN2OS. The van der Waals surface area contributed by atoms with Crippen molar-refractivity contribution in [3.05, 3.63) is 49.6 Å². The Bertz CT molecular complexity index is 710. The minimum Gasteiger partial charge on any atom is -0.324 e. The molecule has 1 amide bonds. The van der Waals surface area contributed by atoms with Crippen LogP contribution in [0.2, 0.25) is 0 Å². The number of benzene rings is 1. The molecule has 1 aliphatic heterocycles. The van der Waals surface area contributed by atoms with E-state index in [1.54, 1.807) is 11.3 Å². The van der Waals surface area contributed by atoms with Crippen molar-refractivity contribution in [1.29, 1.82) is 0 Å². The number of thiophene rings is 1. The number of hydrogen-bond acceptors (Lipinski definition) is 3. The van der Waals surface area contributed by atoms with Crippen molar-refractivity contribution in [3.8, 4) is 0 Å². The zero-order valence-electron chi connectivity index (χ0n) is 12.2. The van der Waals surface area contributed by atoms with Crippen LogP contribution in [0.3, 0.4) is 0 Å². The van der Waals surface area contributed by atoms with Crippen molar-refractivity contribution in [2.24, 2.45) is 0 Å². The van der Waals surface area contributed by atoms with E-state index >= 15 is 0 Å². The standard InChI is InChI=1S/C16H17BrN2OS/c1-8-6-13(10(3)21-8)9(2)18-15-12-5-4-11(17)7-14(12)19-16(15)20/h4-7,9,15,18H,1-3H3,(H,19,20). The van der Waals surface area contributed by atoms with Gasteiger partial charge in [0.25, 0.3) is 0 Å². The van der Waals surface area contributed by atoms with Crippen LogP contribution >= 0.6 is 27.3 Å². The summed E-state index contributed by atoms with van der Waals surface area (Å²) >= 11 is 5.23. The molecule has 21 heavy (non-hydrogen) atoms. The lowest BCUT2D eigenvalue weighted by Crippen LogP contribution is -2.29. The molecule has 1 aromatic heterocycles. The second-order valence-electron chi connectivity index (χ2n) is 5.41. The maximum Gasteiger partial charge on any atom is 0.246 e. The fraction of sp³-hybridized carbons (Fsp3) is 0.312. The van der Waals surface area contributed by atoms with Crippen LogP contribution in [-0.2, 0) is 4.79 Å². The molecule has 1 aliphatic rings. The second kappa shape index (κ2) is 5.55. The Balaban J connectivity index is 1.85. The molecule has 0 aliphatic carbocycles. The number of rotatable bonds is 3. The van der Waals surface area contributed by atoms with E-state index in [1.807, 2.05) is 18.2 Å². The minimum absolute atomic E-state index is 0.0135. The van der Waals surface area contributed by atoms with Gasteiger partial charge in [0.1, 0.15) is 6.04 Å². The fourth-order valence-electron chi connectivity index (χ4n) is 2.82. The second-order valence-corrected chi connectivity index (χ2v) is 7.79. The summed E-state index contributed by atoms with van der Waals surface area (Å²) in [4.78, 5) is 14.8. The van der Waals surface area contributed by atoms with Gasteiger partial charge in [-0.15, -0.1) is 11.3 Å². The van der Waals surface area contributed by atoms with Gasteiger partial charge in [0.2, 0.25) is 5.91 Å². The van der Waals surface area contributed by atoms with Gasteiger partial charge >= 0.3 is 0 Å². The Labute approximate surface area is 136 Å². The van der Waals surface area contributed by atoms with Crippen LogP contribution < -0.4 is 10.6 Å². The van der Waals surface area contributed by atoms with Gasteiger partial charge in [-0.1, -0.05) is 22.0 Å². The largest absolute Gasteiger partial charge is 0.324 e. The van der Waals surface area contributed by atoms with Gasteiger partial charge in [-0.25, -0.2) is 0 Å². The summed E-state index contributed by atoms with van der Waals surface area (Å²) < 4.78 is 0.972. The van der Waals surface area contributed by atoms with Gasteiger partial charge in [-0.2, -0.15) is 0 Å². The third-order valence-electron chi connectivity index (χ3n) is 3.81. The van der Waals surface area contributed by atoms with E-state index in [-0.39, 0.29) is 18.0 Å². The molecule has 0 radical (unpaired) electrons. The fourth-order valence-corrected chi connectivity index (χ4v) is 4.20. The number of fused-ring (bicyclic) bond motifs is 1. The number of nitrogens with one attached hydrogen (secondary N) is 2. The van der Waals surface area contributed by atoms with Crippen LogP contribution in [-0.4, -0.2) is 5.91 Å². The average Bonchev–Trinajstić information content (AvgIpc) is 2.89. The number of aryl methyl sites for hydroxylation is 2. The van der Waals surface area contributed by atoms with E-state index in [1.165, 1.54) is 15.3 Å². The zero-order valence-corrected chi connectivity index (χ0v) is 14.6. The Hall–Kier alpha value is -1.17. The normalized spacial score (nSPS) is 18.5. The molecule has 110 valence electrons. The number of halogens is 1. The molecule has 2 N–H and O–H groups in total. The van der Waals surface area contributed by atoms with Crippen LogP contribution in [0.4, 0.5) is 5.69 Å². The molecule has 2 atom stereocenters. The summed E-state index contributed by atoms with van der Waals surface area (Å²) in [5.74, 6) is 0.0135.